The van der Waals surface area contributed by atoms with Gasteiger partial charge in [0, 0.05) is 6.42 Å². The molecule has 0 aliphatic rings. The Kier molecular flexibility index (Phi) is 40.4. The van der Waals surface area contributed by atoms with Gasteiger partial charge in [-0.05, 0) is 57.8 Å². The molecule has 0 aromatic carbocycles. The molecule has 0 rings (SSSR count). The van der Waals surface area contributed by atoms with Crippen molar-refractivity contribution in [2.45, 2.75) is 231 Å². The highest BCUT2D eigenvalue weighted by Gasteiger charge is 2.17. The summed E-state index contributed by atoms with van der Waals surface area (Å²) in [6, 6.07) is -0.646. The van der Waals surface area contributed by atoms with Crippen LogP contribution >= 0.6 is 0 Å². The molecular weight excluding hydrogens is 615 g/mol. The number of hydrogen-bond acceptors (Lipinski definition) is 3. The van der Waals surface area contributed by atoms with Crippen molar-refractivity contribution in [3.63, 3.8) is 0 Å². The minimum absolute atomic E-state index is 0.0895. The molecule has 0 saturated heterocycles. The summed E-state index contributed by atoms with van der Waals surface area (Å²) in [4.78, 5) is 12.3. The molecular formula is C46H85NO3. The zero-order valence-electron chi connectivity index (χ0n) is 33.4. The van der Waals surface area contributed by atoms with Gasteiger partial charge in [-0.1, -0.05) is 204 Å². The summed E-state index contributed by atoms with van der Waals surface area (Å²) in [5.74, 6) is -0.0895. The van der Waals surface area contributed by atoms with Crippen LogP contribution in [0.3, 0.4) is 0 Å². The summed E-state index contributed by atoms with van der Waals surface area (Å²) in [5.41, 5.74) is 0. The van der Waals surface area contributed by atoms with Gasteiger partial charge in [-0.25, -0.2) is 0 Å². The first kappa shape index (κ1) is 48.3. The minimum atomic E-state index is -0.868. The first-order chi connectivity index (χ1) is 24.7. The van der Waals surface area contributed by atoms with E-state index in [0.717, 1.165) is 51.4 Å². The number of rotatable bonds is 39. The van der Waals surface area contributed by atoms with Crippen molar-refractivity contribution in [3.05, 3.63) is 48.6 Å². The smallest absolute Gasteiger partial charge is 0.220 e. The zero-order chi connectivity index (χ0) is 36.4. The van der Waals surface area contributed by atoms with Gasteiger partial charge >= 0.3 is 0 Å². The highest BCUT2D eigenvalue weighted by Crippen LogP contribution is 2.15. The van der Waals surface area contributed by atoms with E-state index in [4.69, 9.17) is 0 Å². The van der Waals surface area contributed by atoms with Gasteiger partial charge < -0.3 is 15.5 Å². The lowest BCUT2D eigenvalue weighted by molar-refractivity contribution is -0.123. The standard InChI is InChI=1S/C46H85NO3/c1-3-5-7-9-11-13-15-17-18-19-20-21-22-23-24-25-26-27-28-30-31-33-35-37-39-41-45(49)44(43-48)47-46(50)42-40-38-36-34-32-29-16-14-12-10-8-6-4-2/h8,10,14,16,31,33,39,41,44-45,48-49H,3-7,9,11-13,15,17-30,32,34-38,40,42-43H2,1-2H3,(H,47,50)/b10-8-,16-14-,33-31+,41-39+. The fourth-order valence-electron chi connectivity index (χ4n) is 6.41. The molecule has 0 aliphatic carbocycles. The number of carbonyl (C=O) groups is 1. The molecule has 4 nitrogen and oxygen atoms in total. The molecule has 2 atom stereocenters. The van der Waals surface area contributed by atoms with Crippen molar-refractivity contribution in [3.8, 4) is 0 Å². The third-order valence-electron chi connectivity index (χ3n) is 9.77. The third kappa shape index (κ3) is 37.6. The van der Waals surface area contributed by atoms with Crippen LogP contribution in [0.4, 0.5) is 0 Å². The van der Waals surface area contributed by atoms with E-state index >= 15 is 0 Å². The number of aliphatic hydroxyl groups excluding tert-OH is 2. The molecule has 0 heterocycles. The average Bonchev–Trinajstić information content (AvgIpc) is 3.12. The van der Waals surface area contributed by atoms with Gasteiger partial charge in [-0.2, -0.15) is 0 Å². The van der Waals surface area contributed by atoms with E-state index in [1.165, 1.54) is 148 Å². The summed E-state index contributed by atoms with van der Waals surface area (Å²) in [6.07, 6.45) is 56.6. The van der Waals surface area contributed by atoms with Crippen molar-refractivity contribution >= 4 is 5.91 Å². The summed E-state index contributed by atoms with van der Waals surface area (Å²) in [5, 5.41) is 22.9. The molecule has 0 aliphatic heterocycles. The Balaban J connectivity index is 3.59. The van der Waals surface area contributed by atoms with E-state index < -0.39 is 12.1 Å². The van der Waals surface area contributed by atoms with E-state index in [1.807, 2.05) is 6.08 Å². The number of hydrogen-bond donors (Lipinski definition) is 3. The van der Waals surface area contributed by atoms with Gasteiger partial charge in [-0.15, -0.1) is 0 Å². The highest BCUT2D eigenvalue weighted by atomic mass is 16.3. The van der Waals surface area contributed by atoms with Crippen LogP contribution in [0.1, 0.15) is 219 Å². The van der Waals surface area contributed by atoms with Crippen molar-refractivity contribution < 1.29 is 15.0 Å². The second-order valence-corrected chi connectivity index (χ2v) is 14.8. The maximum Gasteiger partial charge on any atom is 0.220 e. The molecule has 0 radical (unpaired) electrons. The molecule has 0 bridgehead atoms. The fourth-order valence-corrected chi connectivity index (χ4v) is 6.41. The van der Waals surface area contributed by atoms with E-state index in [-0.39, 0.29) is 12.5 Å². The second kappa shape index (κ2) is 41.8. The summed E-state index contributed by atoms with van der Waals surface area (Å²) in [7, 11) is 0. The normalized spacial score (nSPS) is 13.4. The van der Waals surface area contributed by atoms with Crippen LogP contribution in [0.25, 0.3) is 0 Å². The van der Waals surface area contributed by atoms with E-state index in [1.54, 1.807) is 6.08 Å². The van der Waals surface area contributed by atoms with Crippen LogP contribution in [0.2, 0.25) is 0 Å². The first-order valence-corrected chi connectivity index (χ1v) is 21.9. The molecule has 0 aromatic rings. The Hall–Kier alpha value is -1.65. The Bertz CT molecular complexity index is 801. The first-order valence-electron chi connectivity index (χ1n) is 21.9. The molecule has 1 amide bonds. The quantitative estimate of drug-likeness (QED) is 0.0442. The van der Waals surface area contributed by atoms with Crippen LogP contribution in [-0.4, -0.2) is 34.9 Å². The largest absolute Gasteiger partial charge is 0.394 e. The summed E-state index contributed by atoms with van der Waals surface area (Å²) >= 11 is 0. The number of carbonyl (C=O) groups excluding carboxylic acids is 1. The van der Waals surface area contributed by atoms with Crippen molar-refractivity contribution in [1.82, 2.24) is 5.32 Å². The Morgan fingerprint density at radius 2 is 0.880 bits per heavy atom. The molecule has 0 spiro atoms. The van der Waals surface area contributed by atoms with E-state index in [0.29, 0.717) is 6.42 Å². The van der Waals surface area contributed by atoms with Crippen LogP contribution in [0.5, 0.6) is 0 Å². The molecule has 3 N–H and O–H groups in total. The van der Waals surface area contributed by atoms with E-state index in [2.05, 4.69) is 55.6 Å². The number of allylic oxidation sites excluding steroid dienone is 7. The van der Waals surface area contributed by atoms with Crippen molar-refractivity contribution in [1.29, 1.82) is 0 Å². The predicted molar refractivity (Wildman–Crippen MR) is 221 cm³/mol. The molecule has 0 saturated carbocycles. The highest BCUT2D eigenvalue weighted by molar-refractivity contribution is 5.76. The van der Waals surface area contributed by atoms with Crippen molar-refractivity contribution in [2.75, 3.05) is 6.61 Å². The van der Waals surface area contributed by atoms with Gasteiger partial charge in [0.15, 0.2) is 0 Å². The number of amides is 1. The Morgan fingerprint density at radius 3 is 1.36 bits per heavy atom. The Labute approximate surface area is 312 Å². The third-order valence-corrected chi connectivity index (χ3v) is 9.77. The van der Waals surface area contributed by atoms with Gasteiger partial charge in [0.1, 0.15) is 0 Å². The second-order valence-electron chi connectivity index (χ2n) is 14.8. The summed E-state index contributed by atoms with van der Waals surface area (Å²) < 4.78 is 0. The monoisotopic (exact) mass is 700 g/mol. The van der Waals surface area contributed by atoms with E-state index in [9.17, 15) is 15.0 Å². The SMILES string of the molecule is CCC/C=C\C/C=C\CCCCCCCC(=O)NC(CO)C(O)/C=C/CC/C=C/CCCCCCCCCCCCCCCCCCCCC. The lowest BCUT2D eigenvalue weighted by atomic mass is 10.0. The maximum absolute atomic E-state index is 12.3. The lowest BCUT2D eigenvalue weighted by Gasteiger charge is -2.19. The molecule has 2 unspecified atom stereocenters. The molecule has 292 valence electrons. The van der Waals surface area contributed by atoms with Crippen LogP contribution in [0, 0.1) is 0 Å². The van der Waals surface area contributed by atoms with Crippen LogP contribution < -0.4 is 5.32 Å². The van der Waals surface area contributed by atoms with Gasteiger partial charge in [0.2, 0.25) is 5.91 Å². The topological polar surface area (TPSA) is 69.6 Å². The maximum atomic E-state index is 12.3. The van der Waals surface area contributed by atoms with Gasteiger partial charge in [-0.3, -0.25) is 4.79 Å². The Morgan fingerprint density at radius 1 is 0.480 bits per heavy atom. The van der Waals surface area contributed by atoms with Crippen LogP contribution in [0.15, 0.2) is 48.6 Å². The number of nitrogens with one attached hydrogen (secondary N) is 1. The molecule has 4 heteroatoms. The summed E-state index contributed by atoms with van der Waals surface area (Å²) in [6.45, 7) is 4.23. The molecule has 0 fully saturated rings. The molecule has 50 heavy (non-hydrogen) atoms. The van der Waals surface area contributed by atoms with Crippen LogP contribution in [-0.2, 0) is 4.79 Å². The van der Waals surface area contributed by atoms with Gasteiger partial charge in [0.25, 0.3) is 0 Å². The predicted octanol–water partition coefficient (Wildman–Crippen LogP) is 13.6. The number of aliphatic hydroxyl groups is 2. The molecule has 0 aromatic heterocycles. The zero-order valence-corrected chi connectivity index (χ0v) is 33.4. The van der Waals surface area contributed by atoms with Crippen molar-refractivity contribution in [2.24, 2.45) is 0 Å². The minimum Gasteiger partial charge on any atom is -0.394 e. The average molecular weight is 700 g/mol. The lowest BCUT2D eigenvalue weighted by Crippen LogP contribution is -2.45. The number of unbranched alkanes of at least 4 members (excludes halogenated alkanes) is 26. The van der Waals surface area contributed by atoms with Gasteiger partial charge in [0.05, 0.1) is 18.8 Å². The fraction of sp³-hybridized carbons (Fsp3) is 0.804.